The number of ether oxygens (including phenoxy) is 1. The number of hydrogen-bond acceptors (Lipinski definition) is 5. The van der Waals surface area contributed by atoms with Crippen LogP contribution in [0.4, 0.5) is 0 Å². The van der Waals surface area contributed by atoms with Gasteiger partial charge in [-0.25, -0.2) is 0 Å². The van der Waals surface area contributed by atoms with Gasteiger partial charge in [0.05, 0.1) is 13.0 Å². The molecule has 8 heteroatoms. The molecule has 0 bridgehead atoms. The van der Waals surface area contributed by atoms with Gasteiger partial charge in [0.25, 0.3) is 0 Å². The third kappa shape index (κ3) is 7.91. The van der Waals surface area contributed by atoms with Gasteiger partial charge in [0.15, 0.2) is 5.96 Å². The van der Waals surface area contributed by atoms with Crippen LogP contribution in [0, 0.1) is 5.92 Å². The van der Waals surface area contributed by atoms with E-state index in [-0.39, 0.29) is 35.9 Å². The van der Waals surface area contributed by atoms with E-state index >= 15 is 0 Å². The van der Waals surface area contributed by atoms with Crippen LogP contribution in [-0.4, -0.2) is 87.1 Å². The molecule has 1 aromatic carbocycles. The molecule has 2 saturated heterocycles. The maximum absolute atomic E-state index is 11.7. The number of benzene rings is 1. The van der Waals surface area contributed by atoms with Crippen molar-refractivity contribution in [1.29, 1.82) is 0 Å². The summed E-state index contributed by atoms with van der Waals surface area (Å²) in [6, 6.07) is 8.92. The highest BCUT2D eigenvalue weighted by atomic mass is 127. The minimum Gasteiger partial charge on any atom is -0.469 e. The quantitative estimate of drug-likeness (QED) is 0.267. The number of aliphatic imine (C=N–C) groups is 1. The molecule has 31 heavy (non-hydrogen) atoms. The van der Waals surface area contributed by atoms with E-state index in [1.165, 1.54) is 37.7 Å². The zero-order valence-corrected chi connectivity index (χ0v) is 21.5. The molecule has 2 fully saturated rings. The molecule has 0 atom stereocenters. The first kappa shape index (κ1) is 25.9. The van der Waals surface area contributed by atoms with Crippen molar-refractivity contribution in [3.05, 3.63) is 35.4 Å². The van der Waals surface area contributed by atoms with E-state index in [0.29, 0.717) is 0 Å². The molecule has 1 N–H and O–H groups in total. The second-order valence-corrected chi connectivity index (χ2v) is 8.43. The lowest BCUT2D eigenvalue weighted by Gasteiger charge is -2.33. The number of rotatable bonds is 5. The number of hydrogen-bond donors (Lipinski definition) is 1. The van der Waals surface area contributed by atoms with E-state index in [0.717, 1.165) is 58.1 Å². The molecular weight excluding hydrogens is 505 g/mol. The van der Waals surface area contributed by atoms with Crippen LogP contribution >= 0.6 is 24.0 Å². The maximum atomic E-state index is 11.7. The number of guanidine groups is 1. The highest BCUT2D eigenvalue weighted by Gasteiger charge is 2.26. The third-order valence-corrected chi connectivity index (χ3v) is 6.23. The van der Waals surface area contributed by atoms with Crippen LogP contribution in [0.15, 0.2) is 29.3 Å². The van der Waals surface area contributed by atoms with Crippen molar-refractivity contribution in [3.8, 4) is 0 Å². The summed E-state index contributed by atoms with van der Waals surface area (Å²) in [5.74, 6) is 0.822. The van der Waals surface area contributed by atoms with Gasteiger partial charge in [-0.05, 0) is 50.5 Å². The Labute approximate surface area is 204 Å². The Hall–Kier alpha value is -1.39. The summed E-state index contributed by atoms with van der Waals surface area (Å²) in [6.45, 7) is 8.09. The average Bonchev–Trinajstić information content (AvgIpc) is 2.99. The molecule has 0 spiro atoms. The Morgan fingerprint density at radius 2 is 1.74 bits per heavy atom. The predicted octanol–water partition coefficient (Wildman–Crippen LogP) is 2.40. The van der Waals surface area contributed by atoms with Crippen molar-refractivity contribution in [1.82, 2.24) is 20.0 Å². The Kier molecular flexibility index (Phi) is 11.0. The zero-order chi connectivity index (χ0) is 21.3. The monoisotopic (exact) mass is 543 g/mol. The highest BCUT2D eigenvalue weighted by molar-refractivity contribution is 14.0. The van der Waals surface area contributed by atoms with Gasteiger partial charge in [0, 0.05) is 46.3 Å². The lowest BCUT2D eigenvalue weighted by molar-refractivity contribution is -0.146. The van der Waals surface area contributed by atoms with Gasteiger partial charge in [0.2, 0.25) is 0 Å². The lowest BCUT2D eigenvalue weighted by Crippen LogP contribution is -2.46. The van der Waals surface area contributed by atoms with E-state index in [1.54, 1.807) is 0 Å². The van der Waals surface area contributed by atoms with Crippen LogP contribution < -0.4 is 5.32 Å². The first-order valence-corrected chi connectivity index (χ1v) is 11.1. The number of esters is 1. The maximum Gasteiger partial charge on any atom is 0.308 e. The van der Waals surface area contributed by atoms with Crippen molar-refractivity contribution in [3.63, 3.8) is 0 Å². The molecule has 0 aliphatic carbocycles. The Morgan fingerprint density at radius 1 is 1.06 bits per heavy atom. The minimum absolute atomic E-state index is 0. The number of methoxy groups -OCH3 is 1. The van der Waals surface area contributed by atoms with Gasteiger partial charge in [-0.1, -0.05) is 24.3 Å². The summed E-state index contributed by atoms with van der Waals surface area (Å²) in [4.78, 5) is 23.3. The van der Waals surface area contributed by atoms with Gasteiger partial charge in [-0.2, -0.15) is 0 Å². The van der Waals surface area contributed by atoms with Crippen molar-refractivity contribution in [2.45, 2.75) is 32.4 Å². The number of nitrogens with one attached hydrogen (secondary N) is 1. The van der Waals surface area contributed by atoms with Gasteiger partial charge in [0.1, 0.15) is 0 Å². The molecule has 2 heterocycles. The van der Waals surface area contributed by atoms with E-state index in [9.17, 15) is 4.79 Å². The van der Waals surface area contributed by atoms with Crippen LogP contribution in [0.25, 0.3) is 0 Å². The first-order chi connectivity index (χ1) is 14.6. The third-order valence-electron chi connectivity index (χ3n) is 6.23. The summed E-state index contributed by atoms with van der Waals surface area (Å²) in [5.41, 5.74) is 2.62. The second-order valence-electron chi connectivity index (χ2n) is 8.43. The number of carbonyl (C=O) groups is 1. The predicted molar refractivity (Wildman–Crippen MR) is 136 cm³/mol. The number of piperidine rings is 1. The summed E-state index contributed by atoms with van der Waals surface area (Å²) in [6.07, 6.45) is 2.87. The Balaban J connectivity index is 0.00000341. The standard InChI is InChI=1S/C23H37N5O2.HI/c1-24-23(28-13-9-21(10-14-28)22(29)30-3)25-17-19-5-7-20(8-6-19)18-27-12-4-11-26(2)15-16-27;/h5-8,21H,4,9-18H2,1-3H3,(H,24,25);1H. The molecule has 0 amide bonds. The summed E-state index contributed by atoms with van der Waals surface area (Å²) >= 11 is 0. The summed E-state index contributed by atoms with van der Waals surface area (Å²) < 4.78 is 4.88. The molecule has 174 valence electrons. The molecule has 7 nitrogen and oxygen atoms in total. The van der Waals surface area contributed by atoms with E-state index in [4.69, 9.17) is 4.74 Å². The van der Waals surface area contributed by atoms with Crippen LogP contribution in [0.5, 0.6) is 0 Å². The fraction of sp³-hybridized carbons (Fsp3) is 0.652. The summed E-state index contributed by atoms with van der Waals surface area (Å²) in [7, 11) is 5.49. The molecule has 1 aromatic rings. The first-order valence-electron chi connectivity index (χ1n) is 11.1. The topological polar surface area (TPSA) is 60.4 Å². The molecule has 2 aliphatic heterocycles. The molecule has 0 aromatic heterocycles. The largest absolute Gasteiger partial charge is 0.469 e. The SMILES string of the molecule is CN=C(NCc1ccc(CN2CCCN(C)CC2)cc1)N1CCC(C(=O)OC)CC1.I. The Bertz CT molecular complexity index is 704. The zero-order valence-electron chi connectivity index (χ0n) is 19.2. The van der Waals surface area contributed by atoms with E-state index in [1.807, 2.05) is 7.05 Å². The van der Waals surface area contributed by atoms with Crippen LogP contribution in [0.2, 0.25) is 0 Å². The van der Waals surface area contributed by atoms with Crippen LogP contribution in [-0.2, 0) is 22.6 Å². The molecular formula is C23H38IN5O2. The fourth-order valence-corrected chi connectivity index (χ4v) is 4.29. The average molecular weight is 543 g/mol. The number of halogens is 1. The smallest absolute Gasteiger partial charge is 0.308 e. The van der Waals surface area contributed by atoms with Gasteiger partial charge in [-0.3, -0.25) is 14.7 Å². The molecule has 3 rings (SSSR count). The van der Waals surface area contributed by atoms with E-state index < -0.39 is 0 Å². The van der Waals surface area contributed by atoms with Gasteiger partial charge < -0.3 is 19.9 Å². The molecule has 2 aliphatic rings. The number of carbonyl (C=O) groups excluding carboxylic acids is 1. The van der Waals surface area contributed by atoms with Crippen LogP contribution in [0.3, 0.4) is 0 Å². The normalized spacial score (nSPS) is 19.5. The van der Waals surface area contributed by atoms with Crippen molar-refractivity contribution in [2.24, 2.45) is 10.9 Å². The molecule has 0 saturated carbocycles. The second kappa shape index (κ2) is 13.2. The number of likely N-dealkylation sites (N-methyl/N-ethyl adjacent to an activating group) is 1. The fourth-order valence-electron chi connectivity index (χ4n) is 4.29. The highest BCUT2D eigenvalue weighted by Crippen LogP contribution is 2.18. The van der Waals surface area contributed by atoms with Crippen molar-refractivity contribution in [2.75, 3.05) is 60.5 Å². The van der Waals surface area contributed by atoms with Crippen molar-refractivity contribution >= 4 is 35.9 Å². The summed E-state index contributed by atoms with van der Waals surface area (Å²) in [5, 5.41) is 3.47. The number of nitrogens with zero attached hydrogens (tertiary/aromatic N) is 4. The molecule has 0 unspecified atom stereocenters. The van der Waals surface area contributed by atoms with Gasteiger partial charge in [-0.15, -0.1) is 24.0 Å². The number of likely N-dealkylation sites (tertiary alicyclic amines) is 1. The van der Waals surface area contributed by atoms with Gasteiger partial charge >= 0.3 is 5.97 Å². The molecule has 0 radical (unpaired) electrons. The Morgan fingerprint density at radius 3 is 2.39 bits per heavy atom. The minimum atomic E-state index is -0.0927. The van der Waals surface area contributed by atoms with Crippen LogP contribution in [0.1, 0.15) is 30.4 Å². The lowest BCUT2D eigenvalue weighted by atomic mass is 9.97. The van der Waals surface area contributed by atoms with E-state index in [2.05, 4.69) is 56.3 Å². The van der Waals surface area contributed by atoms with Crippen molar-refractivity contribution < 1.29 is 9.53 Å².